The second-order valence-electron chi connectivity index (χ2n) is 5.32. The fourth-order valence-electron chi connectivity index (χ4n) is 2.25. The Morgan fingerprint density at radius 3 is 2.58 bits per heavy atom. The first kappa shape index (κ1) is 18.6. The molecular formula is C17H15Cl3N4O2. The van der Waals surface area contributed by atoms with Crippen LogP contribution in [-0.2, 0) is 13.2 Å². The van der Waals surface area contributed by atoms with E-state index in [0.717, 1.165) is 11.1 Å². The van der Waals surface area contributed by atoms with Crippen molar-refractivity contribution in [2.45, 2.75) is 13.2 Å². The zero-order valence-corrected chi connectivity index (χ0v) is 16.0. The van der Waals surface area contributed by atoms with Gasteiger partial charge in [0.1, 0.15) is 12.9 Å². The van der Waals surface area contributed by atoms with Gasteiger partial charge in [0.05, 0.1) is 17.2 Å². The van der Waals surface area contributed by atoms with Crippen LogP contribution in [0.15, 0.2) is 36.7 Å². The van der Waals surface area contributed by atoms with Crippen molar-refractivity contribution >= 4 is 40.8 Å². The van der Waals surface area contributed by atoms with E-state index in [-0.39, 0.29) is 0 Å². The predicted molar refractivity (Wildman–Crippen MR) is 103 cm³/mol. The molecule has 0 saturated heterocycles. The number of aromatic nitrogens is 3. The first-order valence-corrected chi connectivity index (χ1v) is 8.72. The fraction of sp³-hybridized carbons (Fsp3) is 0.176. The van der Waals surface area contributed by atoms with Crippen molar-refractivity contribution in [3.05, 3.63) is 62.9 Å². The molecule has 0 aliphatic rings. The normalized spacial score (nSPS) is 10.6. The van der Waals surface area contributed by atoms with Crippen LogP contribution in [0.5, 0.6) is 11.5 Å². The van der Waals surface area contributed by atoms with Crippen LogP contribution in [0.1, 0.15) is 11.1 Å². The van der Waals surface area contributed by atoms with Crippen LogP contribution in [0, 0.1) is 0 Å². The number of ether oxygens (including phenoxy) is 2. The Kier molecular flexibility index (Phi) is 6.08. The van der Waals surface area contributed by atoms with Crippen molar-refractivity contribution in [3.8, 4) is 11.5 Å². The topological polar surface area (TPSA) is 72.1 Å². The lowest BCUT2D eigenvalue weighted by Gasteiger charge is -2.14. The molecule has 3 rings (SSSR count). The Morgan fingerprint density at radius 2 is 1.88 bits per heavy atom. The van der Waals surface area contributed by atoms with Gasteiger partial charge in [-0.1, -0.05) is 40.9 Å². The summed E-state index contributed by atoms with van der Waals surface area (Å²) >= 11 is 18.3. The average molecular weight is 414 g/mol. The first-order chi connectivity index (χ1) is 12.6. The molecule has 2 N–H and O–H groups in total. The number of benzene rings is 2. The lowest BCUT2D eigenvalue weighted by atomic mass is 10.2. The van der Waals surface area contributed by atoms with Gasteiger partial charge in [0, 0.05) is 17.6 Å². The summed E-state index contributed by atoms with van der Waals surface area (Å²) in [4.78, 5) is 4.00. The number of H-pyrrole nitrogens is 1. The molecule has 1 heterocycles. The van der Waals surface area contributed by atoms with E-state index in [1.807, 2.05) is 12.1 Å². The van der Waals surface area contributed by atoms with Crippen LogP contribution in [0.25, 0.3) is 0 Å². The standard InChI is InChI=1S/C17H15Cl3N4O2/c1-25-15-5-11(7-21-17-22-9-23-24-17)13(19)6-16(15)26-8-10-2-3-12(18)14(20)4-10/h2-6,9H,7-8H2,1H3,(H2,21,22,23,24). The first-order valence-electron chi connectivity index (χ1n) is 7.59. The smallest absolute Gasteiger partial charge is 0.218 e. The number of nitrogens with one attached hydrogen (secondary N) is 2. The van der Waals surface area contributed by atoms with Crippen LogP contribution < -0.4 is 14.8 Å². The molecule has 0 unspecified atom stereocenters. The molecule has 2 aromatic carbocycles. The van der Waals surface area contributed by atoms with Gasteiger partial charge in [0.15, 0.2) is 11.5 Å². The van der Waals surface area contributed by atoms with E-state index in [1.54, 1.807) is 25.3 Å². The van der Waals surface area contributed by atoms with Crippen molar-refractivity contribution in [2.24, 2.45) is 0 Å². The quantitative estimate of drug-likeness (QED) is 0.572. The molecule has 0 fully saturated rings. The molecular weight excluding hydrogens is 399 g/mol. The number of methoxy groups -OCH3 is 1. The molecule has 6 nitrogen and oxygen atoms in total. The number of aromatic amines is 1. The summed E-state index contributed by atoms with van der Waals surface area (Å²) in [6, 6.07) is 8.86. The minimum absolute atomic E-state index is 0.305. The summed E-state index contributed by atoms with van der Waals surface area (Å²) in [7, 11) is 1.57. The largest absolute Gasteiger partial charge is 0.493 e. The molecule has 26 heavy (non-hydrogen) atoms. The summed E-state index contributed by atoms with van der Waals surface area (Å²) in [5, 5.41) is 11.1. The highest BCUT2D eigenvalue weighted by atomic mass is 35.5. The van der Waals surface area contributed by atoms with Gasteiger partial charge < -0.3 is 14.8 Å². The van der Waals surface area contributed by atoms with Crippen molar-refractivity contribution in [1.82, 2.24) is 15.2 Å². The van der Waals surface area contributed by atoms with Gasteiger partial charge in [-0.15, -0.1) is 0 Å². The molecule has 0 aliphatic carbocycles. The van der Waals surface area contributed by atoms with E-state index < -0.39 is 0 Å². The summed E-state index contributed by atoms with van der Waals surface area (Å²) in [5.74, 6) is 1.66. The molecule has 0 bridgehead atoms. The van der Waals surface area contributed by atoms with Gasteiger partial charge in [-0.05, 0) is 29.3 Å². The molecule has 136 valence electrons. The van der Waals surface area contributed by atoms with Gasteiger partial charge >= 0.3 is 0 Å². The molecule has 1 aromatic heterocycles. The third-order valence-corrected chi connectivity index (χ3v) is 4.66. The average Bonchev–Trinajstić information content (AvgIpc) is 3.15. The summed E-state index contributed by atoms with van der Waals surface area (Å²) < 4.78 is 11.2. The van der Waals surface area contributed by atoms with Crippen molar-refractivity contribution in [3.63, 3.8) is 0 Å². The van der Waals surface area contributed by atoms with Crippen LogP contribution >= 0.6 is 34.8 Å². The molecule has 0 saturated carbocycles. The highest BCUT2D eigenvalue weighted by molar-refractivity contribution is 6.42. The summed E-state index contributed by atoms with van der Waals surface area (Å²) in [5.41, 5.74) is 1.72. The van der Waals surface area contributed by atoms with Gasteiger partial charge in [0.25, 0.3) is 0 Å². The highest BCUT2D eigenvalue weighted by Gasteiger charge is 2.12. The second kappa shape index (κ2) is 8.49. The lowest BCUT2D eigenvalue weighted by molar-refractivity contribution is 0.284. The van der Waals surface area contributed by atoms with Crippen molar-refractivity contribution in [2.75, 3.05) is 12.4 Å². The number of anilines is 1. The maximum Gasteiger partial charge on any atom is 0.218 e. The van der Waals surface area contributed by atoms with Gasteiger partial charge in [0.2, 0.25) is 5.95 Å². The third kappa shape index (κ3) is 4.52. The summed E-state index contributed by atoms with van der Waals surface area (Å²) in [6.07, 6.45) is 1.42. The Labute approximate surface area is 165 Å². The van der Waals surface area contributed by atoms with E-state index in [0.29, 0.717) is 45.7 Å². The third-order valence-electron chi connectivity index (χ3n) is 3.57. The van der Waals surface area contributed by atoms with E-state index in [2.05, 4.69) is 20.5 Å². The fourth-order valence-corrected chi connectivity index (χ4v) is 2.79. The Bertz CT molecular complexity index is 888. The van der Waals surface area contributed by atoms with Crippen LogP contribution in [0.4, 0.5) is 5.95 Å². The van der Waals surface area contributed by atoms with Crippen molar-refractivity contribution in [1.29, 1.82) is 0 Å². The summed E-state index contributed by atoms with van der Waals surface area (Å²) in [6.45, 7) is 0.761. The van der Waals surface area contributed by atoms with Gasteiger partial charge in [-0.2, -0.15) is 5.10 Å². The second-order valence-corrected chi connectivity index (χ2v) is 6.54. The number of halogens is 3. The number of nitrogens with zero attached hydrogens (tertiary/aromatic N) is 2. The number of rotatable bonds is 7. The van der Waals surface area contributed by atoms with E-state index in [1.165, 1.54) is 6.33 Å². The molecule has 0 spiro atoms. The molecule has 3 aromatic rings. The number of hydrogen-bond donors (Lipinski definition) is 2. The maximum atomic E-state index is 6.37. The highest BCUT2D eigenvalue weighted by Crippen LogP contribution is 2.34. The van der Waals surface area contributed by atoms with Gasteiger partial charge in [-0.3, -0.25) is 0 Å². The zero-order valence-electron chi connectivity index (χ0n) is 13.7. The van der Waals surface area contributed by atoms with E-state index >= 15 is 0 Å². The maximum absolute atomic E-state index is 6.37. The van der Waals surface area contributed by atoms with Crippen LogP contribution in [-0.4, -0.2) is 22.3 Å². The SMILES string of the molecule is COc1cc(CNc2ncn[nH]2)c(Cl)cc1OCc1ccc(Cl)c(Cl)c1. The monoisotopic (exact) mass is 412 g/mol. The molecule has 0 atom stereocenters. The van der Waals surface area contributed by atoms with E-state index in [4.69, 9.17) is 44.3 Å². The van der Waals surface area contributed by atoms with Crippen LogP contribution in [0.3, 0.4) is 0 Å². The van der Waals surface area contributed by atoms with Crippen LogP contribution in [0.2, 0.25) is 15.1 Å². The molecule has 0 aliphatic heterocycles. The Hall–Kier alpha value is -2.15. The molecule has 0 radical (unpaired) electrons. The zero-order chi connectivity index (χ0) is 18.5. The minimum atomic E-state index is 0.305. The Balaban J connectivity index is 1.72. The molecule has 9 heteroatoms. The van der Waals surface area contributed by atoms with E-state index in [9.17, 15) is 0 Å². The predicted octanol–water partition coefficient (Wildman–Crippen LogP) is 4.96. The van der Waals surface area contributed by atoms with Gasteiger partial charge in [-0.25, -0.2) is 10.1 Å². The lowest BCUT2D eigenvalue weighted by Crippen LogP contribution is -2.04. The van der Waals surface area contributed by atoms with Crippen molar-refractivity contribution < 1.29 is 9.47 Å². The number of hydrogen-bond acceptors (Lipinski definition) is 5. The minimum Gasteiger partial charge on any atom is -0.493 e. The molecule has 0 amide bonds. The Morgan fingerprint density at radius 1 is 1.04 bits per heavy atom.